The summed E-state index contributed by atoms with van der Waals surface area (Å²) in [4.78, 5) is 17.8. The third kappa shape index (κ3) is 3.52. The maximum atomic E-state index is 14.5. The quantitative estimate of drug-likeness (QED) is 0.457. The van der Waals surface area contributed by atoms with Crippen LogP contribution in [0, 0.1) is 11.7 Å². The maximum absolute atomic E-state index is 14.5. The van der Waals surface area contributed by atoms with Gasteiger partial charge in [-0.05, 0) is 49.2 Å². The Morgan fingerprint density at radius 2 is 2.00 bits per heavy atom. The molecule has 0 aliphatic heterocycles. The van der Waals surface area contributed by atoms with Crippen LogP contribution in [0.1, 0.15) is 23.8 Å². The summed E-state index contributed by atoms with van der Waals surface area (Å²) in [6.07, 6.45) is 8.82. The van der Waals surface area contributed by atoms with Gasteiger partial charge in [0, 0.05) is 24.0 Å². The molecular weight excluding hydrogens is 399 g/mol. The second kappa shape index (κ2) is 7.84. The zero-order valence-corrected chi connectivity index (χ0v) is 16.8. The van der Waals surface area contributed by atoms with Crippen molar-refractivity contribution in [3.63, 3.8) is 0 Å². The third-order valence-electron chi connectivity index (χ3n) is 5.36. The van der Waals surface area contributed by atoms with Gasteiger partial charge in [-0.2, -0.15) is 5.10 Å². The van der Waals surface area contributed by atoms with E-state index in [0.29, 0.717) is 17.8 Å². The normalized spacial score (nSPS) is 18.6. The van der Waals surface area contributed by atoms with Crippen molar-refractivity contribution >= 4 is 33.1 Å². The number of thiazole rings is 1. The lowest BCUT2D eigenvalue weighted by molar-refractivity contribution is -0.120. The summed E-state index contributed by atoms with van der Waals surface area (Å²) in [7, 11) is 0. The Bertz CT molecular complexity index is 1200. The average molecular weight is 418 g/mol. The van der Waals surface area contributed by atoms with Gasteiger partial charge in [0.05, 0.1) is 21.1 Å². The Hall–Kier alpha value is -3.32. The SMILES string of the molecule is O=C(Nc1ccc(-n2cccn2)c(F)c1)C1CC=CCC1c1nc2ccccc2s1. The highest BCUT2D eigenvalue weighted by atomic mass is 32.1. The van der Waals surface area contributed by atoms with Gasteiger partial charge in [0.1, 0.15) is 5.69 Å². The van der Waals surface area contributed by atoms with Gasteiger partial charge in [-0.1, -0.05) is 24.3 Å². The van der Waals surface area contributed by atoms with Crippen molar-refractivity contribution in [2.45, 2.75) is 18.8 Å². The standard InChI is InChI=1S/C23H19FN4OS/c24-18-14-15(10-11-20(18)28-13-5-12-25-28)26-22(29)16-6-1-2-7-17(16)23-27-19-8-3-4-9-21(19)30-23/h1-5,8-14,16-17H,6-7H2,(H,26,29). The Labute approximate surface area is 176 Å². The van der Waals surface area contributed by atoms with E-state index >= 15 is 0 Å². The van der Waals surface area contributed by atoms with Crippen LogP contribution in [0.2, 0.25) is 0 Å². The zero-order valence-electron chi connectivity index (χ0n) is 16.0. The molecule has 30 heavy (non-hydrogen) atoms. The molecule has 7 heteroatoms. The fourth-order valence-corrected chi connectivity index (χ4v) is 4.99. The van der Waals surface area contributed by atoms with Crippen LogP contribution >= 0.6 is 11.3 Å². The van der Waals surface area contributed by atoms with Gasteiger partial charge in [0.2, 0.25) is 5.91 Å². The van der Waals surface area contributed by atoms with Crippen molar-refractivity contribution in [3.8, 4) is 5.69 Å². The third-order valence-corrected chi connectivity index (χ3v) is 6.53. The van der Waals surface area contributed by atoms with Crippen LogP contribution in [0.3, 0.4) is 0 Å². The van der Waals surface area contributed by atoms with Crippen LogP contribution in [0.15, 0.2) is 73.1 Å². The number of halogens is 1. The van der Waals surface area contributed by atoms with E-state index < -0.39 is 5.82 Å². The van der Waals surface area contributed by atoms with Crippen LogP contribution < -0.4 is 5.32 Å². The Kier molecular flexibility index (Phi) is 4.88. The number of benzene rings is 2. The number of hydrogen-bond donors (Lipinski definition) is 1. The number of carbonyl (C=O) groups excluding carboxylic acids is 1. The number of carbonyl (C=O) groups is 1. The van der Waals surface area contributed by atoms with E-state index in [9.17, 15) is 9.18 Å². The maximum Gasteiger partial charge on any atom is 0.228 e. The lowest BCUT2D eigenvalue weighted by Crippen LogP contribution is -2.29. The van der Waals surface area contributed by atoms with E-state index in [1.54, 1.807) is 41.9 Å². The Morgan fingerprint density at radius 1 is 1.13 bits per heavy atom. The molecule has 0 saturated carbocycles. The van der Waals surface area contributed by atoms with E-state index in [-0.39, 0.29) is 17.7 Å². The smallest absolute Gasteiger partial charge is 0.228 e. The summed E-state index contributed by atoms with van der Waals surface area (Å²) in [6.45, 7) is 0. The molecule has 0 spiro atoms. The number of amides is 1. The predicted molar refractivity (Wildman–Crippen MR) is 116 cm³/mol. The molecule has 2 unspecified atom stereocenters. The number of nitrogens with zero attached hydrogens (tertiary/aromatic N) is 3. The van der Waals surface area contributed by atoms with E-state index in [2.05, 4.69) is 16.5 Å². The van der Waals surface area contributed by atoms with Gasteiger partial charge in [0.15, 0.2) is 5.82 Å². The van der Waals surface area contributed by atoms with Gasteiger partial charge < -0.3 is 5.32 Å². The molecule has 5 nitrogen and oxygen atoms in total. The van der Waals surface area contributed by atoms with Crippen LogP contribution in [-0.2, 0) is 4.79 Å². The molecule has 2 atom stereocenters. The van der Waals surface area contributed by atoms with Gasteiger partial charge in [0.25, 0.3) is 0 Å². The van der Waals surface area contributed by atoms with Gasteiger partial charge in [-0.15, -0.1) is 11.3 Å². The van der Waals surface area contributed by atoms with Crippen molar-refractivity contribution in [1.29, 1.82) is 0 Å². The molecule has 0 radical (unpaired) electrons. The summed E-state index contributed by atoms with van der Waals surface area (Å²) in [6, 6.07) is 14.4. The number of nitrogens with one attached hydrogen (secondary N) is 1. The molecule has 2 heterocycles. The number of hydrogen-bond acceptors (Lipinski definition) is 4. The molecular formula is C23H19FN4OS. The minimum atomic E-state index is -0.442. The fraction of sp³-hybridized carbons (Fsp3) is 0.174. The summed E-state index contributed by atoms with van der Waals surface area (Å²) in [5.74, 6) is -0.789. The molecule has 1 amide bonds. The average Bonchev–Trinajstić information content (AvgIpc) is 3.44. The number of fused-ring (bicyclic) bond motifs is 1. The molecule has 2 aromatic carbocycles. The first-order valence-electron chi connectivity index (χ1n) is 9.80. The molecule has 0 bridgehead atoms. The van der Waals surface area contributed by atoms with Crippen LogP contribution in [0.4, 0.5) is 10.1 Å². The minimum Gasteiger partial charge on any atom is -0.326 e. The number of aromatic nitrogens is 3. The number of rotatable bonds is 4. The van der Waals surface area contributed by atoms with E-state index in [1.807, 2.05) is 30.3 Å². The van der Waals surface area contributed by atoms with Crippen molar-refractivity contribution in [2.24, 2.45) is 5.92 Å². The molecule has 0 saturated heterocycles. The fourth-order valence-electron chi connectivity index (χ4n) is 3.84. The van der Waals surface area contributed by atoms with Crippen molar-refractivity contribution in [2.75, 3.05) is 5.32 Å². The monoisotopic (exact) mass is 418 g/mol. The molecule has 1 N–H and O–H groups in total. The highest BCUT2D eigenvalue weighted by Gasteiger charge is 2.32. The van der Waals surface area contributed by atoms with Crippen molar-refractivity contribution < 1.29 is 9.18 Å². The molecule has 4 aromatic rings. The Balaban J connectivity index is 1.38. The summed E-state index contributed by atoms with van der Waals surface area (Å²) >= 11 is 1.64. The first-order chi connectivity index (χ1) is 14.7. The molecule has 1 aliphatic rings. The minimum absolute atomic E-state index is 0.0144. The number of anilines is 1. The lowest BCUT2D eigenvalue weighted by atomic mass is 9.82. The summed E-state index contributed by atoms with van der Waals surface area (Å²) in [5.41, 5.74) is 1.74. The molecule has 150 valence electrons. The van der Waals surface area contributed by atoms with Gasteiger partial charge >= 0.3 is 0 Å². The number of para-hydroxylation sites is 1. The molecule has 5 rings (SSSR count). The first kappa shape index (κ1) is 18.7. The lowest BCUT2D eigenvalue weighted by Gasteiger charge is -2.26. The Morgan fingerprint density at radius 3 is 2.80 bits per heavy atom. The zero-order chi connectivity index (χ0) is 20.5. The first-order valence-corrected chi connectivity index (χ1v) is 10.6. The van der Waals surface area contributed by atoms with E-state index in [1.165, 1.54) is 10.7 Å². The second-order valence-corrected chi connectivity index (χ2v) is 8.34. The highest BCUT2D eigenvalue weighted by molar-refractivity contribution is 7.18. The van der Waals surface area contributed by atoms with Crippen molar-refractivity contribution in [1.82, 2.24) is 14.8 Å². The predicted octanol–water partition coefficient (Wildman–Crippen LogP) is 5.31. The summed E-state index contributed by atoms with van der Waals surface area (Å²) < 4.78 is 17.1. The molecule has 0 fully saturated rings. The van der Waals surface area contributed by atoms with Crippen LogP contribution in [0.5, 0.6) is 0 Å². The topological polar surface area (TPSA) is 59.8 Å². The largest absolute Gasteiger partial charge is 0.326 e. The van der Waals surface area contributed by atoms with Crippen LogP contribution in [-0.4, -0.2) is 20.7 Å². The highest BCUT2D eigenvalue weighted by Crippen LogP contribution is 2.39. The van der Waals surface area contributed by atoms with Gasteiger partial charge in [-0.3, -0.25) is 4.79 Å². The van der Waals surface area contributed by atoms with Crippen molar-refractivity contribution in [3.05, 3.63) is 83.9 Å². The van der Waals surface area contributed by atoms with E-state index in [0.717, 1.165) is 21.6 Å². The van der Waals surface area contributed by atoms with E-state index in [4.69, 9.17) is 4.98 Å². The second-order valence-electron chi connectivity index (χ2n) is 7.28. The molecule has 2 aromatic heterocycles. The van der Waals surface area contributed by atoms with Gasteiger partial charge in [-0.25, -0.2) is 14.1 Å². The molecule has 1 aliphatic carbocycles. The van der Waals surface area contributed by atoms with Crippen LogP contribution in [0.25, 0.3) is 15.9 Å². The number of allylic oxidation sites excluding steroid dienone is 2. The summed E-state index contributed by atoms with van der Waals surface area (Å²) in [5, 5.41) is 7.91.